The summed E-state index contributed by atoms with van der Waals surface area (Å²) in [6, 6.07) is 0. The van der Waals surface area contributed by atoms with Gasteiger partial charge < -0.3 is 64.5 Å². The Morgan fingerprint density at radius 3 is 2.18 bits per heavy atom. The molecule has 2 saturated heterocycles. The molecule has 5 fully saturated rings. The maximum Gasteiger partial charge on any atom is 0.331 e. The summed E-state index contributed by atoms with van der Waals surface area (Å²) < 4.78 is 28.9. The number of hydrogen-bond donors (Lipinski definition) is 8. The van der Waals surface area contributed by atoms with E-state index in [1.807, 2.05) is 0 Å². The van der Waals surface area contributed by atoms with Crippen molar-refractivity contribution in [1.82, 2.24) is 0 Å². The zero-order valence-corrected chi connectivity index (χ0v) is 28.0. The Bertz CT molecular complexity index is 1320. The second-order valence-corrected chi connectivity index (χ2v) is 15.9. The van der Waals surface area contributed by atoms with Gasteiger partial charge in [0, 0.05) is 11.5 Å². The molecule has 7 aliphatic rings. The van der Waals surface area contributed by atoms with E-state index < -0.39 is 80.2 Å². The molecule has 3 aliphatic heterocycles. The van der Waals surface area contributed by atoms with Gasteiger partial charge in [0.1, 0.15) is 55.4 Å². The Morgan fingerprint density at radius 2 is 1.51 bits per heavy atom. The first-order valence-corrected chi connectivity index (χ1v) is 17.8. The van der Waals surface area contributed by atoms with Crippen LogP contribution in [0.1, 0.15) is 65.2 Å². The lowest BCUT2D eigenvalue weighted by Gasteiger charge is -2.61. The van der Waals surface area contributed by atoms with Crippen LogP contribution in [-0.4, -0.2) is 140 Å². The van der Waals surface area contributed by atoms with Gasteiger partial charge in [-0.25, -0.2) is 4.79 Å². The van der Waals surface area contributed by atoms with Crippen LogP contribution in [0.5, 0.6) is 0 Å². The van der Waals surface area contributed by atoms with Crippen molar-refractivity contribution in [3.05, 3.63) is 23.3 Å². The fourth-order valence-electron chi connectivity index (χ4n) is 10.7. The molecule has 0 aromatic heterocycles. The van der Waals surface area contributed by atoms with Gasteiger partial charge in [-0.05, 0) is 80.1 Å². The van der Waals surface area contributed by atoms with E-state index in [9.17, 15) is 45.6 Å². The molecule has 0 radical (unpaired) electrons. The molecule has 3 saturated carbocycles. The molecule has 7 rings (SSSR count). The highest BCUT2D eigenvalue weighted by molar-refractivity contribution is 5.85. The number of fused-ring (bicyclic) bond motifs is 5. The standard InChI is InChI=1S/C35H52O14/c1-33-8-5-18(46-32-30(28(42)26(40)23(14-37)48-32)49-31-29(43)27(41)25(39)22(13-36)47-31)12-17(33)3-4-21-20(33)6-9-34(2)19(7-10-35(21,34)44)16-11-24(38)45-15-16/h3,11,18-23,25-32,36-37,39-44H,4-10,12-15H2,1-2H3. The predicted octanol–water partition coefficient (Wildman–Crippen LogP) is -0.827. The summed E-state index contributed by atoms with van der Waals surface area (Å²) in [5, 5.41) is 84.7. The third-order valence-electron chi connectivity index (χ3n) is 13.7. The molecule has 0 amide bonds. The molecule has 4 aliphatic carbocycles. The molecule has 0 bridgehead atoms. The van der Waals surface area contributed by atoms with E-state index in [-0.39, 0.29) is 40.7 Å². The van der Waals surface area contributed by atoms with Crippen LogP contribution >= 0.6 is 0 Å². The summed E-state index contributed by atoms with van der Waals surface area (Å²) >= 11 is 0. The fraction of sp³-hybridized carbons (Fsp3) is 0.857. The lowest BCUT2D eigenvalue weighted by molar-refractivity contribution is -0.372. The van der Waals surface area contributed by atoms with E-state index in [2.05, 4.69) is 19.9 Å². The van der Waals surface area contributed by atoms with Crippen molar-refractivity contribution < 1.29 is 69.3 Å². The molecule has 3 heterocycles. The number of rotatable bonds is 7. The molecule has 49 heavy (non-hydrogen) atoms. The minimum absolute atomic E-state index is 0.0704. The summed E-state index contributed by atoms with van der Waals surface area (Å²) in [4.78, 5) is 11.9. The Kier molecular flexibility index (Phi) is 9.62. The minimum Gasteiger partial charge on any atom is -0.458 e. The van der Waals surface area contributed by atoms with Gasteiger partial charge in [-0.3, -0.25) is 0 Å². The van der Waals surface area contributed by atoms with Crippen molar-refractivity contribution in [2.75, 3.05) is 19.8 Å². The van der Waals surface area contributed by atoms with Gasteiger partial charge in [0.25, 0.3) is 0 Å². The molecule has 14 heteroatoms. The highest BCUT2D eigenvalue weighted by Gasteiger charge is 2.67. The Labute approximate surface area is 285 Å². The number of ether oxygens (including phenoxy) is 5. The van der Waals surface area contributed by atoms with Crippen LogP contribution in [0.2, 0.25) is 0 Å². The highest BCUT2D eigenvalue weighted by atomic mass is 16.8. The van der Waals surface area contributed by atoms with Crippen LogP contribution in [0.15, 0.2) is 23.3 Å². The van der Waals surface area contributed by atoms with E-state index in [1.54, 1.807) is 6.08 Å². The monoisotopic (exact) mass is 696 g/mol. The van der Waals surface area contributed by atoms with Crippen LogP contribution in [0.25, 0.3) is 0 Å². The molecule has 8 N–H and O–H groups in total. The minimum atomic E-state index is -1.75. The molecule has 14 nitrogen and oxygen atoms in total. The van der Waals surface area contributed by atoms with Gasteiger partial charge in [-0.2, -0.15) is 0 Å². The molecule has 17 unspecified atom stereocenters. The summed E-state index contributed by atoms with van der Waals surface area (Å²) in [6.07, 6.45) is -5.59. The van der Waals surface area contributed by atoms with E-state index in [4.69, 9.17) is 23.7 Å². The lowest BCUT2D eigenvalue weighted by Crippen LogP contribution is -2.65. The van der Waals surface area contributed by atoms with Crippen LogP contribution < -0.4 is 0 Å². The maximum atomic E-state index is 12.5. The lowest BCUT2D eigenvalue weighted by atomic mass is 9.45. The largest absolute Gasteiger partial charge is 0.458 e. The maximum absolute atomic E-state index is 12.5. The number of hydrogen-bond acceptors (Lipinski definition) is 14. The van der Waals surface area contributed by atoms with Gasteiger partial charge in [-0.1, -0.05) is 25.5 Å². The van der Waals surface area contributed by atoms with Gasteiger partial charge >= 0.3 is 5.97 Å². The average Bonchev–Trinajstić information content (AvgIpc) is 3.63. The topological polar surface area (TPSA) is 225 Å². The van der Waals surface area contributed by atoms with Gasteiger partial charge in [0.15, 0.2) is 12.6 Å². The van der Waals surface area contributed by atoms with Crippen molar-refractivity contribution in [2.45, 2.75) is 138 Å². The average molecular weight is 697 g/mol. The van der Waals surface area contributed by atoms with Crippen molar-refractivity contribution in [3.63, 3.8) is 0 Å². The van der Waals surface area contributed by atoms with E-state index in [1.165, 1.54) is 5.57 Å². The number of carbonyl (C=O) groups is 1. The fourth-order valence-corrected chi connectivity index (χ4v) is 10.7. The smallest absolute Gasteiger partial charge is 0.331 e. The third kappa shape index (κ3) is 5.66. The molecular formula is C35H52O14. The van der Waals surface area contributed by atoms with E-state index in [0.717, 1.165) is 37.7 Å². The summed E-state index contributed by atoms with van der Waals surface area (Å²) in [5.74, 6) is 0.130. The number of aliphatic hydroxyl groups is 8. The normalized spacial score (nSPS) is 52.8. The number of allylic oxidation sites excluding steroid dienone is 1. The summed E-state index contributed by atoms with van der Waals surface area (Å²) in [6.45, 7) is 3.49. The Balaban J connectivity index is 1.07. The molecule has 0 spiro atoms. The molecule has 17 atom stereocenters. The Morgan fingerprint density at radius 1 is 0.816 bits per heavy atom. The first-order valence-electron chi connectivity index (χ1n) is 17.8. The summed E-state index contributed by atoms with van der Waals surface area (Å²) in [5.41, 5.74) is 0.835. The van der Waals surface area contributed by atoms with E-state index >= 15 is 0 Å². The first-order chi connectivity index (χ1) is 23.3. The number of aliphatic hydroxyl groups excluding tert-OH is 7. The molecular weight excluding hydrogens is 644 g/mol. The van der Waals surface area contributed by atoms with Crippen LogP contribution in [0, 0.1) is 28.6 Å². The van der Waals surface area contributed by atoms with Gasteiger partial charge in [0.2, 0.25) is 0 Å². The van der Waals surface area contributed by atoms with Gasteiger partial charge in [-0.15, -0.1) is 0 Å². The van der Waals surface area contributed by atoms with Crippen molar-refractivity contribution >= 4 is 5.97 Å². The number of carbonyl (C=O) groups excluding carboxylic acids is 1. The number of cyclic esters (lactones) is 1. The SMILES string of the molecule is CC12CCC(OC3OC(CO)C(O)C(O)C3OC3OC(CO)C(O)C(O)C3O)CC1=CCC1C2CCC2(C)C(C3=CC(=O)OC3)CCC12O. The zero-order chi connectivity index (χ0) is 35.0. The molecule has 0 aromatic carbocycles. The number of esters is 1. The van der Waals surface area contributed by atoms with Crippen LogP contribution in [0.4, 0.5) is 0 Å². The zero-order valence-electron chi connectivity index (χ0n) is 28.0. The van der Waals surface area contributed by atoms with Crippen molar-refractivity contribution in [3.8, 4) is 0 Å². The Hall–Kier alpha value is -1.53. The van der Waals surface area contributed by atoms with Crippen LogP contribution in [-0.2, 0) is 28.5 Å². The second kappa shape index (κ2) is 13.2. The van der Waals surface area contributed by atoms with Crippen LogP contribution in [0.3, 0.4) is 0 Å². The van der Waals surface area contributed by atoms with Crippen molar-refractivity contribution in [1.29, 1.82) is 0 Å². The predicted molar refractivity (Wildman–Crippen MR) is 167 cm³/mol. The van der Waals surface area contributed by atoms with Crippen molar-refractivity contribution in [2.24, 2.45) is 28.6 Å². The highest BCUT2D eigenvalue weighted by Crippen LogP contribution is 2.69. The quantitative estimate of drug-likeness (QED) is 0.120. The second-order valence-electron chi connectivity index (χ2n) is 15.9. The van der Waals surface area contributed by atoms with E-state index in [0.29, 0.717) is 25.9 Å². The van der Waals surface area contributed by atoms with Gasteiger partial charge in [0.05, 0.1) is 24.9 Å². The summed E-state index contributed by atoms with van der Waals surface area (Å²) in [7, 11) is 0. The third-order valence-corrected chi connectivity index (χ3v) is 13.7. The first kappa shape index (κ1) is 35.9. The molecule has 276 valence electrons. The molecule has 0 aromatic rings.